The van der Waals surface area contributed by atoms with Gasteiger partial charge in [0, 0.05) is 18.8 Å². The maximum Gasteiger partial charge on any atom is 0.213 e. The minimum Gasteiger partial charge on any atom is -0.475 e. The third-order valence-electron chi connectivity index (χ3n) is 2.28. The molecule has 1 aromatic rings. The third kappa shape index (κ3) is 6.64. The van der Waals surface area contributed by atoms with E-state index in [1.54, 1.807) is 6.20 Å². The van der Waals surface area contributed by atoms with Crippen molar-refractivity contribution in [3.05, 3.63) is 23.9 Å². The monoisotopic (exact) mass is 264 g/mol. The molecule has 5 heteroatoms. The van der Waals surface area contributed by atoms with Crippen molar-refractivity contribution >= 4 is 5.96 Å². The van der Waals surface area contributed by atoms with E-state index in [9.17, 15) is 0 Å². The summed E-state index contributed by atoms with van der Waals surface area (Å²) in [5.74, 6) is 1.65. The molecule has 0 saturated heterocycles. The van der Waals surface area contributed by atoms with E-state index in [1.165, 1.54) is 0 Å². The molecule has 19 heavy (non-hydrogen) atoms. The van der Waals surface area contributed by atoms with Crippen LogP contribution in [0.25, 0.3) is 0 Å². The molecule has 5 nitrogen and oxygen atoms in total. The zero-order valence-corrected chi connectivity index (χ0v) is 12.2. The Morgan fingerprint density at radius 3 is 2.63 bits per heavy atom. The van der Waals surface area contributed by atoms with E-state index in [4.69, 9.17) is 10.5 Å². The lowest BCUT2D eigenvalue weighted by Gasteiger charge is -2.09. The lowest BCUT2D eigenvalue weighted by molar-refractivity contribution is 0.232. The van der Waals surface area contributed by atoms with Crippen molar-refractivity contribution < 1.29 is 4.74 Å². The number of pyridine rings is 1. The van der Waals surface area contributed by atoms with Crippen molar-refractivity contribution in [3.8, 4) is 5.88 Å². The Morgan fingerprint density at radius 1 is 1.37 bits per heavy atom. The van der Waals surface area contributed by atoms with Crippen LogP contribution in [0, 0.1) is 5.92 Å². The topological polar surface area (TPSA) is 72.5 Å². The van der Waals surface area contributed by atoms with Crippen molar-refractivity contribution in [2.45, 2.75) is 40.3 Å². The molecule has 0 unspecified atom stereocenters. The quantitative estimate of drug-likeness (QED) is 0.608. The highest BCUT2D eigenvalue weighted by Gasteiger charge is 2.00. The predicted molar refractivity (Wildman–Crippen MR) is 78.2 cm³/mol. The number of nitrogens with two attached hydrogens (primary N) is 1. The first-order valence-electron chi connectivity index (χ1n) is 6.62. The summed E-state index contributed by atoms with van der Waals surface area (Å²) in [6.45, 7) is 9.54. The van der Waals surface area contributed by atoms with E-state index in [-0.39, 0.29) is 6.10 Å². The Labute approximate surface area is 115 Å². The maximum atomic E-state index is 5.76. The number of nitrogens with one attached hydrogen (secondary N) is 1. The second kappa shape index (κ2) is 7.61. The number of hydrogen-bond acceptors (Lipinski definition) is 3. The van der Waals surface area contributed by atoms with E-state index in [2.05, 4.69) is 29.1 Å². The van der Waals surface area contributed by atoms with Crippen LogP contribution in [0.3, 0.4) is 0 Å². The first-order chi connectivity index (χ1) is 8.97. The van der Waals surface area contributed by atoms with Gasteiger partial charge in [0.25, 0.3) is 0 Å². The molecular weight excluding hydrogens is 240 g/mol. The zero-order chi connectivity index (χ0) is 14.3. The van der Waals surface area contributed by atoms with Crippen LogP contribution in [-0.2, 0) is 6.54 Å². The Bertz CT molecular complexity index is 398. The first-order valence-corrected chi connectivity index (χ1v) is 6.62. The lowest BCUT2D eigenvalue weighted by Crippen LogP contribution is -2.34. The normalized spacial score (nSPS) is 12.0. The molecule has 3 N–H and O–H groups in total. The van der Waals surface area contributed by atoms with E-state index in [0.29, 0.717) is 24.3 Å². The molecule has 1 heterocycles. The molecule has 0 bridgehead atoms. The van der Waals surface area contributed by atoms with Gasteiger partial charge in [-0.25, -0.2) is 9.98 Å². The minimum absolute atomic E-state index is 0.132. The molecule has 1 rings (SSSR count). The van der Waals surface area contributed by atoms with Gasteiger partial charge in [0.15, 0.2) is 5.96 Å². The van der Waals surface area contributed by atoms with E-state index < -0.39 is 0 Å². The molecule has 106 valence electrons. The summed E-state index contributed by atoms with van der Waals surface area (Å²) in [4.78, 5) is 8.48. The van der Waals surface area contributed by atoms with Gasteiger partial charge < -0.3 is 15.8 Å². The molecule has 0 saturated carbocycles. The summed E-state index contributed by atoms with van der Waals surface area (Å²) in [5, 5.41) is 3.07. The van der Waals surface area contributed by atoms with Crippen LogP contribution in [0.4, 0.5) is 0 Å². The van der Waals surface area contributed by atoms with Crippen LogP contribution in [0.1, 0.15) is 33.3 Å². The number of ether oxygens (including phenoxy) is 1. The van der Waals surface area contributed by atoms with Crippen LogP contribution in [0.2, 0.25) is 0 Å². The van der Waals surface area contributed by atoms with E-state index in [0.717, 1.165) is 12.1 Å². The van der Waals surface area contributed by atoms with Gasteiger partial charge in [0.05, 0.1) is 12.6 Å². The van der Waals surface area contributed by atoms with Gasteiger partial charge in [0.2, 0.25) is 5.88 Å². The number of guanidine groups is 1. The highest BCUT2D eigenvalue weighted by atomic mass is 16.5. The second-order valence-corrected chi connectivity index (χ2v) is 5.15. The number of hydrogen-bond donors (Lipinski definition) is 2. The molecule has 0 spiro atoms. The average Bonchev–Trinajstić information content (AvgIpc) is 2.35. The van der Waals surface area contributed by atoms with Crippen molar-refractivity contribution in [1.82, 2.24) is 10.3 Å². The average molecular weight is 264 g/mol. The Balaban J connectivity index is 2.46. The van der Waals surface area contributed by atoms with Crippen LogP contribution in [0.5, 0.6) is 5.88 Å². The fourth-order valence-electron chi connectivity index (χ4n) is 1.36. The van der Waals surface area contributed by atoms with Gasteiger partial charge >= 0.3 is 0 Å². The SMILES string of the molecule is CC(C)CNC(N)=NCc1ccc(OC(C)C)nc1. The summed E-state index contributed by atoms with van der Waals surface area (Å²) in [6, 6.07) is 3.80. The summed E-state index contributed by atoms with van der Waals surface area (Å²) >= 11 is 0. The Kier molecular flexibility index (Phi) is 6.12. The van der Waals surface area contributed by atoms with Gasteiger partial charge in [-0.1, -0.05) is 19.9 Å². The van der Waals surface area contributed by atoms with Crippen molar-refractivity contribution in [1.29, 1.82) is 0 Å². The maximum absolute atomic E-state index is 5.76. The van der Waals surface area contributed by atoms with Crippen LogP contribution in [0.15, 0.2) is 23.3 Å². The van der Waals surface area contributed by atoms with Gasteiger partial charge in [-0.2, -0.15) is 0 Å². The Hall–Kier alpha value is -1.78. The first kappa shape index (κ1) is 15.3. The summed E-state index contributed by atoms with van der Waals surface area (Å²) < 4.78 is 5.48. The second-order valence-electron chi connectivity index (χ2n) is 5.15. The molecule has 0 aromatic carbocycles. The van der Waals surface area contributed by atoms with Crippen molar-refractivity contribution in [3.63, 3.8) is 0 Å². The fourth-order valence-corrected chi connectivity index (χ4v) is 1.36. The molecule has 1 aromatic heterocycles. The van der Waals surface area contributed by atoms with Crippen LogP contribution < -0.4 is 15.8 Å². The molecule has 0 aliphatic carbocycles. The van der Waals surface area contributed by atoms with Crippen LogP contribution in [-0.4, -0.2) is 23.6 Å². The van der Waals surface area contributed by atoms with Gasteiger partial charge in [0.1, 0.15) is 0 Å². The highest BCUT2D eigenvalue weighted by molar-refractivity contribution is 5.77. The summed E-state index contributed by atoms with van der Waals surface area (Å²) in [7, 11) is 0. The molecule has 0 aliphatic rings. The van der Waals surface area contributed by atoms with Gasteiger partial charge in [-0.3, -0.25) is 0 Å². The van der Waals surface area contributed by atoms with E-state index in [1.807, 2.05) is 26.0 Å². The molecule has 0 atom stereocenters. The number of rotatable bonds is 6. The third-order valence-corrected chi connectivity index (χ3v) is 2.28. The van der Waals surface area contributed by atoms with Gasteiger partial charge in [-0.15, -0.1) is 0 Å². The number of aliphatic imine (C=N–C) groups is 1. The lowest BCUT2D eigenvalue weighted by atomic mass is 10.2. The minimum atomic E-state index is 0.132. The smallest absolute Gasteiger partial charge is 0.213 e. The Morgan fingerprint density at radius 2 is 2.11 bits per heavy atom. The molecular formula is C14H24N4O. The molecule has 0 radical (unpaired) electrons. The standard InChI is InChI=1S/C14H24N4O/c1-10(2)7-17-14(15)18-9-12-5-6-13(16-8-12)19-11(3)4/h5-6,8,10-11H,7,9H2,1-4H3,(H3,15,17,18). The highest BCUT2D eigenvalue weighted by Crippen LogP contribution is 2.10. The van der Waals surface area contributed by atoms with Crippen molar-refractivity contribution in [2.24, 2.45) is 16.6 Å². The fraction of sp³-hybridized carbons (Fsp3) is 0.571. The molecule has 0 aliphatic heterocycles. The van der Waals surface area contributed by atoms with Gasteiger partial charge in [-0.05, 0) is 25.3 Å². The summed E-state index contributed by atoms with van der Waals surface area (Å²) in [5.41, 5.74) is 6.76. The predicted octanol–water partition coefficient (Wildman–Crippen LogP) is 1.93. The van der Waals surface area contributed by atoms with Crippen LogP contribution >= 0.6 is 0 Å². The van der Waals surface area contributed by atoms with Crippen molar-refractivity contribution in [2.75, 3.05) is 6.54 Å². The summed E-state index contributed by atoms with van der Waals surface area (Å²) in [6.07, 6.45) is 1.89. The number of aromatic nitrogens is 1. The largest absolute Gasteiger partial charge is 0.475 e. The zero-order valence-electron chi connectivity index (χ0n) is 12.2. The molecule has 0 amide bonds. The van der Waals surface area contributed by atoms with E-state index >= 15 is 0 Å². The molecule has 0 fully saturated rings. The number of nitrogens with zero attached hydrogens (tertiary/aromatic N) is 2.